The number of nitrogens with zero attached hydrogens (tertiary/aromatic N) is 1. The molecule has 0 bridgehead atoms. The van der Waals surface area contributed by atoms with Gasteiger partial charge < -0.3 is 14.4 Å². The van der Waals surface area contributed by atoms with E-state index < -0.39 is 14.4 Å². The molecular formula is C37H41Cl2NO3Si. The van der Waals surface area contributed by atoms with Crippen LogP contribution in [0.4, 0.5) is 0 Å². The molecule has 1 aliphatic rings. The number of benzene rings is 4. The number of piperidine rings is 1. The summed E-state index contributed by atoms with van der Waals surface area (Å²) in [5.74, 6) is -0.453. The Hall–Kier alpha value is -2.93. The lowest BCUT2D eigenvalue weighted by Crippen LogP contribution is -2.67. The molecule has 1 heterocycles. The topological polar surface area (TPSA) is 49.8 Å². The van der Waals surface area contributed by atoms with Crippen LogP contribution in [0.3, 0.4) is 0 Å². The van der Waals surface area contributed by atoms with Crippen molar-refractivity contribution in [3.63, 3.8) is 0 Å². The fourth-order valence-electron chi connectivity index (χ4n) is 6.87. The molecule has 5 rings (SSSR count). The molecule has 1 N–H and O–H groups in total. The van der Waals surface area contributed by atoms with E-state index >= 15 is 0 Å². The molecule has 0 saturated carbocycles. The third-order valence-electron chi connectivity index (χ3n) is 8.96. The minimum atomic E-state index is -2.86. The molecule has 1 amide bonds. The van der Waals surface area contributed by atoms with E-state index in [-0.39, 0.29) is 28.9 Å². The van der Waals surface area contributed by atoms with Gasteiger partial charge in [0.25, 0.3) is 14.2 Å². The molecule has 1 saturated heterocycles. The lowest BCUT2D eigenvalue weighted by atomic mass is 9.78. The fraction of sp³-hybridized carbons (Fsp3) is 0.324. The largest absolute Gasteiger partial charge is 0.405 e. The van der Waals surface area contributed by atoms with E-state index in [1.54, 1.807) is 0 Å². The van der Waals surface area contributed by atoms with Crippen LogP contribution >= 0.6 is 23.2 Å². The zero-order valence-corrected chi connectivity index (χ0v) is 28.3. The highest BCUT2D eigenvalue weighted by atomic mass is 35.5. The van der Waals surface area contributed by atoms with Crippen molar-refractivity contribution in [2.75, 3.05) is 6.61 Å². The van der Waals surface area contributed by atoms with Crippen molar-refractivity contribution in [2.45, 2.75) is 69.7 Å². The van der Waals surface area contributed by atoms with Gasteiger partial charge >= 0.3 is 0 Å². The maximum atomic E-state index is 14.1. The molecule has 4 aromatic rings. The summed E-state index contributed by atoms with van der Waals surface area (Å²) in [5.41, 5.74) is 1.94. The van der Waals surface area contributed by atoms with Crippen LogP contribution in [-0.4, -0.2) is 43.0 Å². The normalized spacial score (nSPS) is 20.0. The number of halogens is 2. The van der Waals surface area contributed by atoms with Crippen molar-refractivity contribution in [3.8, 4) is 0 Å². The van der Waals surface area contributed by atoms with Crippen molar-refractivity contribution in [2.24, 2.45) is 0 Å². The number of amides is 1. The third kappa shape index (κ3) is 6.40. The lowest BCUT2D eigenvalue weighted by Gasteiger charge is -2.49. The van der Waals surface area contributed by atoms with Gasteiger partial charge in [0.1, 0.15) is 6.10 Å². The van der Waals surface area contributed by atoms with Gasteiger partial charge in [-0.05, 0) is 63.6 Å². The van der Waals surface area contributed by atoms with Gasteiger partial charge in [-0.2, -0.15) is 0 Å². The van der Waals surface area contributed by atoms with Crippen molar-refractivity contribution >= 4 is 47.8 Å². The maximum Gasteiger partial charge on any atom is 0.261 e. The van der Waals surface area contributed by atoms with Crippen molar-refractivity contribution < 1.29 is 14.3 Å². The quantitative estimate of drug-likeness (QED) is 0.189. The van der Waals surface area contributed by atoms with Gasteiger partial charge in [-0.1, -0.05) is 136 Å². The van der Waals surface area contributed by atoms with Gasteiger partial charge in [0.2, 0.25) is 0 Å². The first-order valence-electron chi connectivity index (χ1n) is 15.3. The highest BCUT2D eigenvalue weighted by molar-refractivity contribution is 6.99. The maximum absolute atomic E-state index is 14.1. The monoisotopic (exact) mass is 645 g/mol. The fourth-order valence-corrected chi connectivity index (χ4v) is 11.8. The molecule has 2 unspecified atom stereocenters. The summed E-state index contributed by atoms with van der Waals surface area (Å²) < 4.78 is 7.34. The number of hydrogen-bond donors (Lipinski definition) is 1. The van der Waals surface area contributed by atoms with Crippen molar-refractivity contribution in [3.05, 3.63) is 130 Å². The Bertz CT molecular complexity index is 1500. The summed E-state index contributed by atoms with van der Waals surface area (Å²) in [4.78, 5) is 16.0. The Morgan fingerprint density at radius 3 is 1.95 bits per heavy atom. The van der Waals surface area contributed by atoms with Crippen LogP contribution in [0.25, 0.3) is 0 Å². The molecule has 0 aliphatic carbocycles. The summed E-state index contributed by atoms with van der Waals surface area (Å²) in [5, 5.41) is 14.6. The van der Waals surface area contributed by atoms with Crippen LogP contribution < -0.4 is 10.4 Å². The molecule has 230 valence electrons. The minimum absolute atomic E-state index is 0.176. The van der Waals surface area contributed by atoms with Gasteiger partial charge in [-0.3, -0.25) is 4.79 Å². The molecule has 0 radical (unpaired) electrons. The SMILES string of the molecule is CC[C@@H](CO[Si](c1ccccc1)(c1ccccc1)C(C)(C)C)N1C(=O)C(O)CC(c2cccc(Cl)c2)[C@H]1c1ccc(Cl)cc1. The van der Waals surface area contributed by atoms with Gasteiger partial charge in [0, 0.05) is 16.0 Å². The zero-order valence-electron chi connectivity index (χ0n) is 25.8. The average molecular weight is 647 g/mol. The molecule has 4 atom stereocenters. The van der Waals surface area contributed by atoms with E-state index in [0.29, 0.717) is 29.5 Å². The standard InChI is InChI=1S/C37H41Cl2NO3Si/c1-5-30(25-43-44(37(2,3)4,31-15-8-6-9-16-31)32-17-10-7-11-18-32)40-35(26-19-21-28(38)22-20-26)33(24-34(41)36(40)42)27-13-12-14-29(39)23-27/h6-23,30,33-35,41H,5,24-25H2,1-4H3/t30-,33?,34?,35+/m0/s1. The van der Waals surface area contributed by atoms with Crippen LogP contribution in [0.2, 0.25) is 15.1 Å². The minimum Gasteiger partial charge on any atom is -0.405 e. The van der Waals surface area contributed by atoms with Crippen LogP contribution in [0.15, 0.2) is 109 Å². The first-order chi connectivity index (χ1) is 21.1. The molecule has 4 aromatic carbocycles. The highest BCUT2D eigenvalue weighted by Crippen LogP contribution is 2.46. The molecule has 0 spiro atoms. The van der Waals surface area contributed by atoms with E-state index in [1.807, 2.05) is 65.6 Å². The van der Waals surface area contributed by atoms with E-state index in [2.05, 4.69) is 76.2 Å². The van der Waals surface area contributed by atoms with Gasteiger partial charge in [-0.25, -0.2) is 0 Å². The Morgan fingerprint density at radius 2 is 1.43 bits per heavy atom. The van der Waals surface area contributed by atoms with Gasteiger partial charge in [0.15, 0.2) is 0 Å². The Kier molecular flexibility index (Phi) is 10.0. The number of rotatable bonds is 9. The molecule has 4 nitrogen and oxygen atoms in total. The zero-order chi connectivity index (χ0) is 31.5. The average Bonchev–Trinajstić information content (AvgIpc) is 3.02. The Balaban J connectivity index is 1.61. The first kappa shape index (κ1) is 32.5. The first-order valence-corrected chi connectivity index (χ1v) is 18.0. The number of aliphatic hydroxyl groups is 1. The smallest absolute Gasteiger partial charge is 0.261 e. The number of carbonyl (C=O) groups excluding carboxylic acids is 1. The van der Waals surface area contributed by atoms with Crippen LogP contribution in [-0.2, 0) is 9.22 Å². The van der Waals surface area contributed by atoms with Gasteiger partial charge in [0.05, 0.1) is 18.7 Å². The van der Waals surface area contributed by atoms with E-state index in [9.17, 15) is 9.90 Å². The summed E-state index contributed by atoms with van der Waals surface area (Å²) in [6.07, 6.45) is -0.178. The molecular weight excluding hydrogens is 605 g/mol. The second-order valence-electron chi connectivity index (χ2n) is 12.7. The number of carbonyl (C=O) groups is 1. The Morgan fingerprint density at radius 1 is 0.841 bits per heavy atom. The molecule has 7 heteroatoms. The number of aliphatic hydroxyl groups excluding tert-OH is 1. The van der Waals surface area contributed by atoms with Crippen LogP contribution in [0.5, 0.6) is 0 Å². The second kappa shape index (κ2) is 13.6. The van der Waals surface area contributed by atoms with E-state index in [1.165, 1.54) is 10.4 Å². The summed E-state index contributed by atoms with van der Waals surface area (Å²) in [6, 6.07) is 35.8. The van der Waals surface area contributed by atoms with Crippen molar-refractivity contribution in [1.82, 2.24) is 4.90 Å². The summed E-state index contributed by atoms with van der Waals surface area (Å²) >= 11 is 12.8. The second-order valence-corrected chi connectivity index (χ2v) is 17.9. The predicted octanol–water partition coefficient (Wildman–Crippen LogP) is 7.77. The van der Waals surface area contributed by atoms with E-state index in [4.69, 9.17) is 27.6 Å². The molecule has 44 heavy (non-hydrogen) atoms. The predicted molar refractivity (Wildman–Crippen MR) is 184 cm³/mol. The molecule has 0 aromatic heterocycles. The van der Waals surface area contributed by atoms with E-state index in [0.717, 1.165) is 11.1 Å². The lowest BCUT2D eigenvalue weighted by molar-refractivity contribution is -0.154. The number of likely N-dealkylation sites (tertiary alicyclic amines) is 1. The highest BCUT2D eigenvalue weighted by Gasteiger charge is 2.51. The van der Waals surface area contributed by atoms with Gasteiger partial charge in [-0.15, -0.1) is 0 Å². The van der Waals surface area contributed by atoms with Crippen molar-refractivity contribution in [1.29, 1.82) is 0 Å². The third-order valence-corrected chi connectivity index (χ3v) is 14.5. The number of hydrogen-bond acceptors (Lipinski definition) is 3. The molecule has 1 fully saturated rings. The van der Waals surface area contributed by atoms with Crippen LogP contribution in [0.1, 0.15) is 63.6 Å². The summed E-state index contributed by atoms with van der Waals surface area (Å²) in [6.45, 7) is 9.17. The molecule has 1 aliphatic heterocycles. The Labute approximate surface area is 272 Å². The van der Waals surface area contributed by atoms with Crippen LogP contribution in [0, 0.1) is 0 Å². The summed E-state index contributed by atoms with van der Waals surface area (Å²) in [7, 11) is -2.86.